The van der Waals surface area contributed by atoms with Gasteiger partial charge in [-0.2, -0.15) is 0 Å². The quantitative estimate of drug-likeness (QED) is 0.800. The molecule has 1 aromatic carbocycles. The number of benzene rings is 1. The van der Waals surface area contributed by atoms with Gasteiger partial charge in [-0.25, -0.2) is 4.79 Å². The molecule has 6 heteroatoms. The van der Waals surface area contributed by atoms with E-state index in [1.165, 1.54) is 46.7 Å². The number of rotatable bonds is 6. The second-order valence-corrected chi connectivity index (χ2v) is 6.93. The molecule has 2 aliphatic rings. The number of carbonyl (C=O) groups excluding carboxylic acids is 2. The summed E-state index contributed by atoms with van der Waals surface area (Å²) in [6.45, 7) is 0. The van der Waals surface area contributed by atoms with Crippen molar-refractivity contribution >= 4 is 17.6 Å². The molecule has 0 saturated heterocycles. The lowest BCUT2D eigenvalue weighted by atomic mass is 9.86. The Hall–Kier alpha value is -2.24. The van der Waals surface area contributed by atoms with E-state index in [-0.39, 0.29) is 11.5 Å². The molecule has 3 atom stereocenters. The van der Waals surface area contributed by atoms with Gasteiger partial charge in [0.25, 0.3) is 0 Å². The third-order valence-corrected chi connectivity index (χ3v) is 5.54. The predicted molar refractivity (Wildman–Crippen MR) is 93.1 cm³/mol. The van der Waals surface area contributed by atoms with Gasteiger partial charge in [-0.15, -0.1) is 0 Å². The fourth-order valence-corrected chi connectivity index (χ4v) is 4.33. The Kier molecular flexibility index (Phi) is 5.16. The van der Waals surface area contributed by atoms with Gasteiger partial charge in [0.2, 0.25) is 5.91 Å². The third kappa shape index (κ3) is 3.57. The lowest BCUT2D eigenvalue weighted by Gasteiger charge is -2.21. The molecule has 2 saturated carbocycles. The van der Waals surface area contributed by atoms with Gasteiger partial charge >= 0.3 is 5.97 Å². The van der Waals surface area contributed by atoms with E-state index in [0.29, 0.717) is 35.4 Å². The van der Waals surface area contributed by atoms with Crippen LogP contribution >= 0.6 is 0 Å². The van der Waals surface area contributed by atoms with Crippen molar-refractivity contribution in [3.63, 3.8) is 0 Å². The number of amides is 1. The van der Waals surface area contributed by atoms with E-state index in [2.05, 4.69) is 5.32 Å². The molecular formula is C19H25NO5. The first-order valence-corrected chi connectivity index (χ1v) is 8.69. The molecule has 0 aliphatic heterocycles. The SMILES string of the molecule is COC(=O)c1cc(OC)c(OC)cc1NC(=O)C[C@H]1C[C@H]2CC[C@@H]1C2. The molecule has 0 radical (unpaired) electrons. The third-order valence-electron chi connectivity index (χ3n) is 5.54. The molecule has 6 nitrogen and oxygen atoms in total. The molecule has 0 unspecified atom stereocenters. The monoisotopic (exact) mass is 347 g/mol. The van der Waals surface area contributed by atoms with Crippen molar-refractivity contribution in [1.29, 1.82) is 0 Å². The van der Waals surface area contributed by atoms with Crippen LogP contribution in [-0.4, -0.2) is 33.2 Å². The summed E-state index contributed by atoms with van der Waals surface area (Å²) < 4.78 is 15.3. The number of esters is 1. The maximum atomic E-state index is 12.5. The summed E-state index contributed by atoms with van der Waals surface area (Å²) in [5.74, 6) is 2.20. The molecule has 25 heavy (non-hydrogen) atoms. The van der Waals surface area contributed by atoms with E-state index in [1.807, 2.05) is 0 Å². The standard InChI is InChI=1S/C19H25NO5/c1-23-16-9-14(19(22)25-3)15(10-17(16)24-2)20-18(21)8-13-7-11-4-5-12(13)6-11/h9-13H,4-8H2,1-3H3,(H,20,21)/t11-,12+,13+/m0/s1. The van der Waals surface area contributed by atoms with Crippen molar-refractivity contribution in [2.75, 3.05) is 26.6 Å². The number of carbonyl (C=O) groups is 2. The topological polar surface area (TPSA) is 73.9 Å². The van der Waals surface area contributed by atoms with Crippen LogP contribution in [0.15, 0.2) is 12.1 Å². The fraction of sp³-hybridized carbons (Fsp3) is 0.579. The van der Waals surface area contributed by atoms with Crippen molar-refractivity contribution in [3.8, 4) is 11.5 Å². The fourth-order valence-electron chi connectivity index (χ4n) is 4.33. The van der Waals surface area contributed by atoms with Crippen LogP contribution in [0.4, 0.5) is 5.69 Å². The minimum atomic E-state index is -0.531. The first-order chi connectivity index (χ1) is 12.0. The number of hydrogen-bond acceptors (Lipinski definition) is 5. The maximum Gasteiger partial charge on any atom is 0.340 e. The van der Waals surface area contributed by atoms with Crippen LogP contribution in [0.2, 0.25) is 0 Å². The van der Waals surface area contributed by atoms with Gasteiger partial charge in [-0.1, -0.05) is 6.42 Å². The molecule has 2 bridgehead atoms. The Bertz CT molecular complexity index is 672. The van der Waals surface area contributed by atoms with E-state index in [0.717, 1.165) is 12.3 Å². The smallest absolute Gasteiger partial charge is 0.340 e. The van der Waals surface area contributed by atoms with Crippen LogP contribution in [0.5, 0.6) is 11.5 Å². The summed E-state index contributed by atoms with van der Waals surface area (Å²) in [5, 5.41) is 2.86. The minimum Gasteiger partial charge on any atom is -0.493 e. The second-order valence-electron chi connectivity index (χ2n) is 6.93. The van der Waals surface area contributed by atoms with Gasteiger partial charge in [-0.05, 0) is 37.0 Å². The van der Waals surface area contributed by atoms with Crippen molar-refractivity contribution in [2.24, 2.45) is 17.8 Å². The number of ether oxygens (including phenoxy) is 3. The Balaban J connectivity index is 1.77. The number of methoxy groups -OCH3 is 3. The summed E-state index contributed by atoms with van der Waals surface area (Å²) in [6, 6.07) is 3.13. The maximum absolute atomic E-state index is 12.5. The zero-order valence-electron chi connectivity index (χ0n) is 15.0. The first-order valence-electron chi connectivity index (χ1n) is 8.69. The minimum absolute atomic E-state index is 0.0741. The molecule has 0 spiro atoms. The highest BCUT2D eigenvalue weighted by molar-refractivity contribution is 6.02. The number of fused-ring (bicyclic) bond motifs is 2. The van der Waals surface area contributed by atoms with Crippen LogP contribution in [-0.2, 0) is 9.53 Å². The van der Waals surface area contributed by atoms with Crippen LogP contribution < -0.4 is 14.8 Å². The number of nitrogens with one attached hydrogen (secondary N) is 1. The average Bonchev–Trinajstić information content (AvgIpc) is 3.23. The second kappa shape index (κ2) is 7.33. The molecule has 0 aromatic heterocycles. The highest BCUT2D eigenvalue weighted by Crippen LogP contribution is 2.49. The molecule has 1 N–H and O–H groups in total. The summed E-state index contributed by atoms with van der Waals surface area (Å²) in [7, 11) is 4.31. The van der Waals surface area contributed by atoms with Gasteiger partial charge in [0.15, 0.2) is 11.5 Å². The number of anilines is 1. The van der Waals surface area contributed by atoms with Crippen LogP contribution in [0.3, 0.4) is 0 Å². The molecule has 2 aliphatic carbocycles. The summed E-state index contributed by atoms with van der Waals surface area (Å²) in [6.07, 6.45) is 5.46. The van der Waals surface area contributed by atoms with Crippen molar-refractivity contribution < 1.29 is 23.8 Å². The normalized spacial score (nSPS) is 24.0. The van der Waals surface area contributed by atoms with E-state index in [9.17, 15) is 9.59 Å². The lowest BCUT2D eigenvalue weighted by molar-refractivity contribution is -0.117. The van der Waals surface area contributed by atoms with E-state index in [1.54, 1.807) is 6.07 Å². The zero-order valence-corrected chi connectivity index (χ0v) is 15.0. The van der Waals surface area contributed by atoms with Crippen molar-refractivity contribution in [2.45, 2.75) is 32.1 Å². The lowest BCUT2D eigenvalue weighted by Crippen LogP contribution is -2.21. The molecule has 136 valence electrons. The Morgan fingerprint density at radius 3 is 2.36 bits per heavy atom. The van der Waals surface area contributed by atoms with E-state index in [4.69, 9.17) is 14.2 Å². The molecule has 1 aromatic rings. The first kappa shape index (κ1) is 17.6. The predicted octanol–water partition coefficient (Wildman–Crippen LogP) is 3.26. The average molecular weight is 347 g/mol. The summed E-state index contributed by atoms with van der Waals surface area (Å²) in [4.78, 5) is 24.6. The van der Waals surface area contributed by atoms with Crippen LogP contribution in [0.25, 0.3) is 0 Å². The number of hydrogen-bond donors (Lipinski definition) is 1. The molecular weight excluding hydrogens is 322 g/mol. The van der Waals surface area contributed by atoms with Crippen LogP contribution in [0, 0.1) is 17.8 Å². The highest BCUT2D eigenvalue weighted by atomic mass is 16.5. The summed E-state index contributed by atoms with van der Waals surface area (Å²) >= 11 is 0. The molecule has 2 fully saturated rings. The van der Waals surface area contributed by atoms with E-state index < -0.39 is 5.97 Å². The largest absolute Gasteiger partial charge is 0.493 e. The van der Waals surface area contributed by atoms with Gasteiger partial charge < -0.3 is 19.5 Å². The van der Waals surface area contributed by atoms with Crippen LogP contribution in [0.1, 0.15) is 42.5 Å². The Morgan fingerprint density at radius 1 is 1.08 bits per heavy atom. The Labute approximate surface area is 147 Å². The van der Waals surface area contributed by atoms with Gasteiger partial charge in [-0.3, -0.25) is 4.79 Å². The molecule has 3 rings (SSSR count). The summed E-state index contributed by atoms with van der Waals surface area (Å²) in [5.41, 5.74) is 0.638. The van der Waals surface area contributed by atoms with Gasteiger partial charge in [0.05, 0.1) is 32.6 Å². The van der Waals surface area contributed by atoms with Gasteiger partial charge in [0.1, 0.15) is 0 Å². The van der Waals surface area contributed by atoms with Crippen molar-refractivity contribution in [1.82, 2.24) is 0 Å². The van der Waals surface area contributed by atoms with Crippen molar-refractivity contribution in [3.05, 3.63) is 17.7 Å². The van der Waals surface area contributed by atoms with Gasteiger partial charge in [0, 0.05) is 18.6 Å². The zero-order chi connectivity index (χ0) is 18.0. The molecule has 0 heterocycles. The Morgan fingerprint density at radius 2 is 1.80 bits per heavy atom. The highest BCUT2D eigenvalue weighted by Gasteiger charge is 2.40. The molecule has 1 amide bonds. The van der Waals surface area contributed by atoms with E-state index >= 15 is 0 Å².